The number of rotatable bonds is 2. The summed E-state index contributed by atoms with van der Waals surface area (Å²) in [5.41, 5.74) is 2.07. The zero-order valence-corrected chi connectivity index (χ0v) is 11.2. The second-order valence-electron chi connectivity index (χ2n) is 5.74. The van der Waals surface area contributed by atoms with Crippen LogP contribution in [0.1, 0.15) is 36.7 Å². The molecule has 2 aliphatic rings. The topological polar surface area (TPSA) is 71.2 Å². The van der Waals surface area contributed by atoms with Crippen molar-refractivity contribution >= 4 is 5.97 Å². The van der Waals surface area contributed by atoms with Crippen molar-refractivity contribution in [3.63, 3.8) is 0 Å². The molecule has 1 aliphatic heterocycles. The van der Waals surface area contributed by atoms with Crippen molar-refractivity contribution < 1.29 is 9.90 Å². The van der Waals surface area contributed by atoms with Crippen LogP contribution in [0.25, 0.3) is 0 Å². The summed E-state index contributed by atoms with van der Waals surface area (Å²) in [5, 5.41) is 17.7. The third-order valence-electron chi connectivity index (χ3n) is 4.42. The van der Waals surface area contributed by atoms with Crippen molar-refractivity contribution in [1.29, 1.82) is 0 Å². The Hall–Kier alpha value is -1.43. The molecule has 1 aromatic rings. The molecule has 2 heterocycles. The van der Waals surface area contributed by atoms with E-state index in [0.717, 1.165) is 43.7 Å². The normalized spacial score (nSPS) is 25.2. The van der Waals surface area contributed by atoms with Crippen LogP contribution >= 0.6 is 0 Å². The minimum Gasteiger partial charge on any atom is -0.481 e. The number of fused-ring (bicyclic) bond motifs is 1. The SMILES string of the molecule is CN1CCC(n2nnc3c2C[C@@H](C(=O)O)CC3)CC1. The molecule has 0 amide bonds. The lowest BCUT2D eigenvalue weighted by Crippen LogP contribution is -2.33. The van der Waals surface area contributed by atoms with Gasteiger partial charge in [0.15, 0.2) is 0 Å². The van der Waals surface area contributed by atoms with Gasteiger partial charge in [-0.1, -0.05) is 5.21 Å². The van der Waals surface area contributed by atoms with Crippen LogP contribution in [-0.4, -0.2) is 51.1 Å². The van der Waals surface area contributed by atoms with Crippen LogP contribution < -0.4 is 0 Å². The minimum absolute atomic E-state index is 0.268. The first-order chi connectivity index (χ1) is 9.15. The van der Waals surface area contributed by atoms with Crippen molar-refractivity contribution in [2.45, 2.75) is 38.1 Å². The molecule has 19 heavy (non-hydrogen) atoms. The molecule has 0 aromatic carbocycles. The van der Waals surface area contributed by atoms with Gasteiger partial charge >= 0.3 is 5.97 Å². The summed E-state index contributed by atoms with van der Waals surface area (Å²) in [4.78, 5) is 13.5. The van der Waals surface area contributed by atoms with Crippen LogP contribution in [0.4, 0.5) is 0 Å². The van der Waals surface area contributed by atoms with Gasteiger partial charge in [-0.2, -0.15) is 0 Å². The Morgan fingerprint density at radius 2 is 2.05 bits per heavy atom. The van der Waals surface area contributed by atoms with E-state index in [1.165, 1.54) is 0 Å². The van der Waals surface area contributed by atoms with E-state index in [1.54, 1.807) is 0 Å². The molecule has 1 aromatic heterocycles. The number of hydrogen-bond donors (Lipinski definition) is 1. The Morgan fingerprint density at radius 3 is 2.74 bits per heavy atom. The number of carbonyl (C=O) groups is 1. The van der Waals surface area contributed by atoms with Gasteiger partial charge in [0.2, 0.25) is 0 Å². The molecule has 104 valence electrons. The molecular formula is C13H20N4O2. The first-order valence-corrected chi connectivity index (χ1v) is 6.99. The monoisotopic (exact) mass is 264 g/mol. The zero-order valence-electron chi connectivity index (χ0n) is 11.2. The lowest BCUT2D eigenvalue weighted by Gasteiger charge is -2.30. The summed E-state index contributed by atoms with van der Waals surface area (Å²) in [6.45, 7) is 2.14. The van der Waals surface area contributed by atoms with E-state index in [-0.39, 0.29) is 5.92 Å². The number of carboxylic acid groups (broad SMARTS) is 1. The molecular weight excluding hydrogens is 244 g/mol. The molecule has 1 aliphatic carbocycles. The van der Waals surface area contributed by atoms with Crippen molar-refractivity contribution in [1.82, 2.24) is 19.9 Å². The van der Waals surface area contributed by atoms with Gasteiger partial charge in [0, 0.05) is 6.42 Å². The second kappa shape index (κ2) is 4.92. The number of piperidine rings is 1. The largest absolute Gasteiger partial charge is 0.481 e. The number of aryl methyl sites for hydroxylation is 1. The Bertz CT molecular complexity index is 477. The van der Waals surface area contributed by atoms with E-state index < -0.39 is 5.97 Å². The molecule has 1 N–H and O–H groups in total. The summed E-state index contributed by atoms with van der Waals surface area (Å²) >= 11 is 0. The van der Waals surface area contributed by atoms with E-state index in [2.05, 4.69) is 22.3 Å². The Balaban J connectivity index is 1.81. The van der Waals surface area contributed by atoms with Crippen LogP contribution in [0.3, 0.4) is 0 Å². The van der Waals surface area contributed by atoms with Crippen LogP contribution in [0.5, 0.6) is 0 Å². The fraction of sp³-hybridized carbons (Fsp3) is 0.769. The first-order valence-electron chi connectivity index (χ1n) is 6.99. The standard InChI is InChI=1S/C13H20N4O2/c1-16-6-4-10(5-7-16)17-12-8-9(13(18)19)2-3-11(12)14-15-17/h9-10H,2-8H2,1H3,(H,18,19)/t9-/m0/s1. The third kappa shape index (κ3) is 2.36. The van der Waals surface area contributed by atoms with Crippen LogP contribution in [-0.2, 0) is 17.6 Å². The van der Waals surface area contributed by atoms with Gasteiger partial charge < -0.3 is 10.0 Å². The highest BCUT2D eigenvalue weighted by molar-refractivity contribution is 5.70. The van der Waals surface area contributed by atoms with E-state index in [9.17, 15) is 9.90 Å². The maximum Gasteiger partial charge on any atom is 0.306 e. The highest BCUT2D eigenvalue weighted by Crippen LogP contribution is 2.29. The number of aliphatic carboxylic acids is 1. The molecule has 1 saturated heterocycles. The van der Waals surface area contributed by atoms with Crippen LogP contribution in [0.2, 0.25) is 0 Å². The van der Waals surface area contributed by atoms with Crippen molar-refractivity contribution in [3.05, 3.63) is 11.4 Å². The lowest BCUT2D eigenvalue weighted by molar-refractivity contribution is -0.142. The molecule has 0 saturated carbocycles. The zero-order chi connectivity index (χ0) is 13.4. The molecule has 6 heteroatoms. The number of carboxylic acids is 1. The predicted octanol–water partition coefficient (Wildman–Crippen LogP) is 0.734. The number of likely N-dealkylation sites (tertiary alicyclic amines) is 1. The molecule has 1 fully saturated rings. The quantitative estimate of drug-likeness (QED) is 0.853. The molecule has 3 rings (SSSR count). The van der Waals surface area contributed by atoms with Gasteiger partial charge in [-0.3, -0.25) is 4.79 Å². The third-order valence-corrected chi connectivity index (χ3v) is 4.42. The molecule has 0 unspecified atom stereocenters. The van der Waals surface area contributed by atoms with Gasteiger partial charge in [-0.05, 0) is 45.8 Å². The van der Waals surface area contributed by atoms with Crippen molar-refractivity contribution in [2.75, 3.05) is 20.1 Å². The fourth-order valence-corrected chi connectivity index (χ4v) is 3.14. The van der Waals surface area contributed by atoms with Gasteiger partial charge in [0.05, 0.1) is 23.3 Å². The fourth-order valence-electron chi connectivity index (χ4n) is 3.14. The lowest BCUT2D eigenvalue weighted by atomic mass is 9.89. The Kier molecular flexibility index (Phi) is 3.26. The van der Waals surface area contributed by atoms with E-state index >= 15 is 0 Å². The van der Waals surface area contributed by atoms with Gasteiger partial charge in [-0.15, -0.1) is 5.10 Å². The summed E-state index contributed by atoms with van der Waals surface area (Å²) in [6, 6.07) is 0.389. The van der Waals surface area contributed by atoms with Crippen LogP contribution in [0.15, 0.2) is 0 Å². The van der Waals surface area contributed by atoms with Crippen molar-refractivity contribution in [2.24, 2.45) is 5.92 Å². The number of hydrogen-bond acceptors (Lipinski definition) is 4. The maximum absolute atomic E-state index is 11.2. The molecule has 0 bridgehead atoms. The second-order valence-corrected chi connectivity index (χ2v) is 5.74. The highest BCUT2D eigenvalue weighted by Gasteiger charge is 2.31. The maximum atomic E-state index is 11.2. The molecule has 0 radical (unpaired) electrons. The number of aromatic nitrogens is 3. The van der Waals surface area contributed by atoms with Gasteiger partial charge in [0.1, 0.15) is 0 Å². The predicted molar refractivity (Wildman–Crippen MR) is 68.9 cm³/mol. The molecule has 1 atom stereocenters. The average Bonchev–Trinajstić information content (AvgIpc) is 2.82. The smallest absolute Gasteiger partial charge is 0.306 e. The first kappa shape index (κ1) is 12.6. The molecule has 6 nitrogen and oxygen atoms in total. The minimum atomic E-state index is -0.693. The Morgan fingerprint density at radius 1 is 1.32 bits per heavy atom. The van der Waals surface area contributed by atoms with E-state index in [0.29, 0.717) is 18.9 Å². The van der Waals surface area contributed by atoms with Gasteiger partial charge in [-0.25, -0.2) is 4.68 Å². The summed E-state index contributed by atoms with van der Waals surface area (Å²) in [6.07, 6.45) is 4.17. The summed E-state index contributed by atoms with van der Waals surface area (Å²) < 4.78 is 2.01. The van der Waals surface area contributed by atoms with E-state index in [4.69, 9.17) is 0 Å². The van der Waals surface area contributed by atoms with Gasteiger partial charge in [0.25, 0.3) is 0 Å². The summed E-state index contributed by atoms with van der Waals surface area (Å²) in [5.74, 6) is -0.960. The van der Waals surface area contributed by atoms with Crippen molar-refractivity contribution in [3.8, 4) is 0 Å². The highest BCUT2D eigenvalue weighted by atomic mass is 16.4. The molecule has 0 spiro atoms. The average molecular weight is 264 g/mol. The van der Waals surface area contributed by atoms with E-state index in [1.807, 2.05) is 4.68 Å². The summed E-state index contributed by atoms with van der Waals surface area (Å²) in [7, 11) is 2.13. The Labute approximate surface area is 112 Å². The number of nitrogens with zero attached hydrogens (tertiary/aromatic N) is 4. The van der Waals surface area contributed by atoms with Crippen LogP contribution in [0, 0.1) is 5.92 Å².